The molecular formula is C17H22Cl2O2. The number of rotatable bonds is 5. The summed E-state index contributed by atoms with van der Waals surface area (Å²) in [6.07, 6.45) is 5.47. The lowest BCUT2D eigenvalue weighted by Gasteiger charge is -2.30. The summed E-state index contributed by atoms with van der Waals surface area (Å²) in [7, 11) is 0. The predicted octanol–water partition coefficient (Wildman–Crippen LogP) is 5.55. The average Bonchev–Trinajstić information content (AvgIpc) is 2.46. The number of carbonyl (C=O) groups excluding carboxylic acids is 1. The van der Waals surface area contributed by atoms with Crippen molar-refractivity contribution in [1.82, 2.24) is 0 Å². The van der Waals surface area contributed by atoms with Gasteiger partial charge in [-0.05, 0) is 43.9 Å². The van der Waals surface area contributed by atoms with Gasteiger partial charge in [0.15, 0.2) is 5.78 Å². The van der Waals surface area contributed by atoms with Gasteiger partial charge in [0.1, 0.15) is 6.10 Å². The van der Waals surface area contributed by atoms with E-state index in [0.717, 1.165) is 18.8 Å². The fourth-order valence-electron chi connectivity index (χ4n) is 2.99. The summed E-state index contributed by atoms with van der Waals surface area (Å²) in [6, 6.07) is 4.94. The zero-order valence-corrected chi connectivity index (χ0v) is 14.1. The maximum Gasteiger partial charge on any atom is 0.192 e. The van der Waals surface area contributed by atoms with Crippen LogP contribution in [0.4, 0.5) is 0 Å². The van der Waals surface area contributed by atoms with Gasteiger partial charge < -0.3 is 4.74 Å². The Balaban J connectivity index is 1.99. The van der Waals surface area contributed by atoms with Crippen molar-refractivity contribution in [2.45, 2.75) is 58.2 Å². The molecule has 1 saturated carbocycles. The Morgan fingerprint density at radius 1 is 1.38 bits per heavy atom. The summed E-state index contributed by atoms with van der Waals surface area (Å²) in [4.78, 5) is 12.4. The van der Waals surface area contributed by atoms with Crippen LogP contribution >= 0.6 is 23.2 Å². The normalized spacial score (nSPS) is 23.8. The van der Waals surface area contributed by atoms with E-state index in [1.54, 1.807) is 18.2 Å². The lowest BCUT2D eigenvalue weighted by atomic mass is 9.85. The monoisotopic (exact) mass is 328 g/mol. The van der Waals surface area contributed by atoms with Gasteiger partial charge in [-0.1, -0.05) is 49.4 Å². The highest BCUT2D eigenvalue weighted by Crippen LogP contribution is 2.30. The number of ketones is 1. The summed E-state index contributed by atoms with van der Waals surface area (Å²) in [6.45, 7) is 4.03. The first-order valence-corrected chi connectivity index (χ1v) is 8.41. The molecule has 0 spiro atoms. The highest BCUT2D eigenvalue weighted by atomic mass is 35.5. The Hall–Kier alpha value is -0.570. The molecule has 0 radical (unpaired) electrons. The van der Waals surface area contributed by atoms with Gasteiger partial charge in [-0.25, -0.2) is 0 Å². The third-order valence-corrected chi connectivity index (χ3v) is 4.82. The molecule has 1 aromatic carbocycles. The number of hydrogen-bond acceptors (Lipinski definition) is 2. The smallest absolute Gasteiger partial charge is 0.192 e. The van der Waals surface area contributed by atoms with Gasteiger partial charge in [0.2, 0.25) is 0 Å². The van der Waals surface area contributed by atoms with E-state index < -0.39 is 6.10 Å². The molecule has 0 heterocycles. The summed E-state index contributed by atoms with van der Waals surface area (Å²) >= 11 is 12.0. The molecular weight excluding hydrogens is 307 g/mol. The van der Waals surface area contributed by atoms with Crippen molar-refractivity contribution in [3.63, 3.8) is 0 Å². The van der Waals surface area contributed by atoms with Crippen LogP contribution in [0.2, 0.25) is 10.0 Å². The number of benzene rings is 1. The Bertz CT molecular complexity index is 502. The third kappa shape index (κ3) is 4.45. The largest absolute Gasteiger partial charge is 0.367 e. The van der Waals surface area contributed by atoms with E-state index >= 15 is 0 Å². The second kappa shape index (κ2) is 7.62. The van der Waals surface area contributed by atoms with E-state index in [4.69, 9.17) is 27.9 Å². The molecule has 1 aliphatic carbocycles. The number of hydrogen-bond donors (Lipinski definition) is 0. The Morgan fingerprint density at radius 3 is 2.81 bits per heavy atom. The van der Waals surface area contributed by atoms with Crippen LogP contribution in [0.3, 0.4) is 0 Å². The summed E-state index contributed by atoms with van der Waals surface area (Å²) in [5.74, 6) is 0.653. The predicted molar refractivity (Wildman–Crippen MR) is 87.4 cm³/mol. The van der Waals surface area contributed by atoms with Crippen molar-refractivity contribution in [1.29, 1.82) is 0 Å². The Kier molecular flexibility index (Phi) is 6.09. The first-order chi connectivity index (χ1) is 10.0. The molecule has 2 rings (SSSR count). The number of carbonyl (C=O) groups is 1. The minimum Gasteiger partial charge on any atom is -0.367 e. The highest BCUT2D eigenvalue weighted by Gasteiger charge is 2.26. The van der Waals surface area contributed by atoms with E-state index in [1.165, 1.54) is 19.3 Å². The molecule has 116 valence electrons. The summed E-state index contributed by atoms with van der Waals surface area (Å²) in [5, 5.41) is 0.918. The maximum atomic E-state index is 12.4. The molecule has 3 atom stereocenters. The lowest BCUT2D eigenvalue weighted by Crippen LogP contribution is -2.30. The average molecular weight is 329 g/mol. The molecule has 3 unspecified atom stereocenters. The molecule has 21 heavy (non-hydrogen) atoms. The van der Waals surface area contributed by atoms with Crippen molar-refractivity contribution < 1.29 is 9.53 Å². The summed E-state index contributed by atoms with van der Waals surface area (Å²) in [5.41, 5.74) is 0.483. The van der Waals surface area contributed by atoms with E-state index in [9.17, 15) is 4.79 Å². The van der Waals surface area contributed by atoms with Gasteiger partial charge in [0.05, 0.1) is 11.1 Å². The van der Waals surface area contributed by atoms with Crippen LogP contribution in [0, 0.1) is 5.92 Å². The van der Waals surface area contributed by atoms with Crippen molar-refractivity contribution >= 4 is 29.0 Å². The summed E-state index contributed by atoms with van der Waals surface area (Å²) < 4.78 is 5.98. The quantitative estimate of drug-likeness (QED) is 0.662. The van der Waals surface area contributed by atoms with Crippen molar-refractivity contribution in [2.75, 3.05) is 0 Å². The molecule has 0 saturated heterocycles. The fraction of sp³-hybridized carbons (Fsp3) is 0.588. The number of Topliss-reactive ketones (excluding diaryl/α,β-unsaturated/α-hetero) is 1. The highest BCUT2D eigenvalue weighted by molar-refractivity contribution is 6.37. The minimum atomic E-state index is -0.468. The topological polar surface area (TPSA) is 26.3 Å². The lowest BCUT2D eigenvalue weighted by molar-refractivity contribution is -0.0221. The molecule has 0 aliphatic heterocycles. The molecule has 4 heteroatoms. The molecule has 1 fully saturated rings. The van der Waals surface area contributed by atoms with E-state index in [-0.39, 0.29) is 11.9 Å². The van der Waals surface area contributed by atoms with E-state index in [0.29, 0.717) is 15.6 Å². The van der Waals surface area contributed by atoms with Crippen LogP contribution < -0.4 is 0 Å². The molecule has 1 aromatic rings. The van der Waals surface area contributed by atoms with Gasteiger partial charge in [-0.15, -0.1) is 0 Å². The number of halogens is 2. The molecule has 2 nitrogen and oxygen atoms in total. The van der Waals surface area contributed by atoms with Crippen molar-refractivity contribution in [3.8, 4) is 0 Å². The van der Waals surface area contributed by atoms with Gasteiger partial charge in [0.25, 0.3) is 0 Å². The van der Waals surface area contributed by atoms with Crippen LogP contribution in [0.1, 0.15) is 56.3 Å². The first kappa shape index (κ1) is 16.8. The molecule has 0 bridgehead atoms. The van der Waals surface area contributed by atoms with Crippen LogP contribution in [0.25, 0.3) is 0 Å². The first-order valence-electron chi connectivity index (χ1n) is 7.66. The van der Waals surface area contributed by atoms with Gasteiger partial charge in [-0.3, -0.25) is 4.79 Å². The standard InChI is InChI=1S/C17H22Cl2O2/c1-3-12-5-4-6-14(9-12)21-11(2)17(20)15-8-7-13(18)10-16(15)19/h7-8,10-12,14H,3-6,9H2,1-2H3. The van der Waals surface area contributed by atoms with Crippen LogP contribution in [0.15, 0.2) is 18.2 Å². The molecule has 0 aromatic heterocycles. The fourth-order valence-corrected chi connectivity index (χ4v) is 3.50. The third-order valence-electron chi connectivity index (χ3n) is 4.27. The van der Waals surface area contributed by atoms with E-state index in [1.807, 2.05) is 6.92 Å². The van der Waals surface area contributed by atoms with Gasteiger partial charge >= 0.3 is 0 Å². The maximum absolute atomic E-state index is 12.4. The van der Waals surface area contributed by atoms with Crippen molar-refractivity contribution in [3.05, 3.63) is 33.8 Å². The molecule has 0 amide bonds. The second-order valence-electron chi connectivity index (χ2n) is 5.83. The van der Waals surface area contributed by atoms with Crippen LogP contribution in [-0.4, -0.2) is 18.0 Å². The van der Waals surface area contributed by atoms with Crippen LogP contribution in [-0.2, 0) is 4.74 Å². The number of ether oxygens (including phenoxy) is 1. The van der Waals surface area contributed by atoms with Crippen molar-refractivity contribution in [2.24, 2.45) is 5.92 Å². The zero-order valence-electron chi connectivity index (χ0n) is 12.6. The van der Waals surface area contributed by atoms with E-state index in [2.05, 4.69) is 6.92 Å². The van der Waals surface area contributed by atoms with Gasteiger partial charge in [-0.2, -0.15) is 0 Å². The minimum absolute atomic E-state index is 0.0738. The second-order valence-corrected chi connectivity index (χ2v) is 6.67. The Labute approximate surface area is 136 Å². The zero-order chi connectivity index (χ0) is 15.4. The molecule has 0 N–H and O–H groups in total. The Morgan fingerprint density at radius 2 is 2.14 bits per heavy atom. The van der Waals surface area contributed by atoms with Crippen LogP contribution in [0.5, 0.6) is 0 Å². The van der Waals surface area contributed by atoms with Gasteiger partial charge in [0, 0.05) is 10.6 Å². The SMILES string of the molecule is CCC1CCCC(OC(C)C(=O)c2ccc(Cl)cc2Cl)C1. The molecule has 1 aliphatic rings.